The smallest absolute Gasteiger partial charge is 0.190 e. The molecule has 7 atom stereocenters. The minimum atomic E-state index is -3.16. The fraction of sp³-hybridized carbons (Fsp3) is 1.00. The lowest BCUT2D eigenvalue weighted by Gasteiger charge is -2.37. The first kappa shape index (κ1) is 13.7. The van der Waals surface area contributed by atoms with Gasteiger partial charge in [0.05, 0.1) is 5.75 Å². The standard InChI is InChI=1S/C11H18O7S/c1-5-14-7(4-19(3,12)13)8-9(15-5)10-11(18-8)17-6(2)16-10/h5-11H,4H2,1-3H3. The highest BCUT2D eigenvalue weighted by Crippen LogP contribution is 2.39. The average molecular weight is 294 g/mol. The van der Waals surface area contributed by atoms with Crippen molar-refractivity contribution in [3.8, 4) is 0 Å². The van der Waals surface area contributed by atoms with Gasteiger partial charge in [0.1, 0.15) is 34.3 Å². The number of hydrogen-bond acceptors (Lipinski definition) is 7. The van der Waals surface area contributed by atoms with Gasteiger partial charge in [-0.25, -0.2) is 8.42 Å². The first-order valence-corrected chi connectivity index (χ1v) is 8.34. The van der Waals surface area contributed by atoms with E-state index < -0.39 is 34.6 Å². The molecule has 0 N–H and O–H groups in total. The summed E-state index contributed by atoms with van der Waals surface area (Å²) in [5, 5.41) is 0. The minimum Gasteiger partial charge on any atom is -0.346 e. The van der Waals surface area contributed by atoms with Crippen LogP contribution in [-0.4, -0.2) is 63.7 Å². The molecule has 3 rings (SSSR count). The molecule has 3 heterocycles. The van der Waals surface area contributed by atoms with Crippen molar-refractivity contribution in [2.75, 3.05) is 12.0 Å². The van der Waals surface area contributed by atoms with E-state index in [9.17, 15) is 8.42 Å². The second kappa shape index (κ2) is 4.64. The largest absolute Gasteiger partial charge is 0.346 e. The van der Waals surface area contributed by atoms with Crippen molar-refractivity contribution in [2.45, 2.75) is 57.1 Å². The SMILES string of the molecule is CC1OC2OC3C(CS(C)(=O)=O)OC(C)OC3C2O1. The maximum absolute atomic E-state index is 11.5. The molecule has 0 aromatic heterocycles. The lowest BCUT2D eigenvalue weighted by atomic mass is 10.1. The van der Waals surface area contributed by atoms with Gasteiger partial charge in [0.2, 0.25) is 0 Å². The van der Waals surface area contributed by atoms with E-state index in [4.69, 9.17) is 23.7 Å². The Kier molecular flexibility index (Phi) is 3.35. The van der Waals surface area contributed by atoms with Gasteiger partial charge in [-0.15, -0.1) is 0 Å². The lowest BCUT2D eigenvalue weighted by molar-refractivity contribution is -0.285. The maximum atomic E-state index is 11.5. The summed E-state index contributed by atoms with van der Waals surface area (Å²) in [5.41, 5.74) is 0. The van der Waals surface area contributed by atoms with E-state index in [2.05, 4.69) is 0 Å². The van der Waals surface area contributed by atoms with Crippen LogP contribution in [0.25, 0.3) is 0 Å². The number of sulfone groups is 1. The van der Waals surface area contributed by atoms with E-state index in [1.54, 1.807) is 13.8 Å². The molecule has 0 aromatic carbocycles. The quantitative estimate of drug-likeness (QED) is 0.688. The average Bonchev–Trinajstić information content (AvgIpc) is 2.73. The molecular formula is C11H18O7S. The van der Waals surface area contributed by atoms with Crippen molar-refractivity contribution < 1.29 is 32.1 Å². The Morgan fingerprint density at radius 2 is 1.47 bits per heavy atom. The summed E-state index contributed by atoms with van der Waals surface area (Å²) in [6.45, 7) is 3.52. The number of rotatable bonds is 2. The highest BCUT2D eigenvalue weighted by molar-refractivity contribution is 7.90. The van der Waals surface area contributed by atoms with Crippen LogP contribution in [-0.2, 0) is 33.5 Å². The Hall–Kier alpha value is -0.250. The minimum absolute atomic E-state index is 0.100. The number of fused-ring (bicyclic) bond motifs is 3. The Morgan fingerprint density at radius 1 is 0.842 bits per heavy atom. The molecule has 0 aliphatic carbocycles. The molecule has 19 heavy (non-hydrogen) atoms. The van der Waals surface area contributed by atoms with Crippen molar-refractivity contribution in [3.05, 3.63) is 0 Å². The summed E-state index contributed by atoms with van der Waals surface area (Å²) in [6, 6.07) is 0. The predicted octanol–water partition coefficient (Wildman–Crippen LogP) is -0.353. The maximum Gasteiger partial charge on any atom is 0.190 e. The van der Waals surface area contributed by atoms with Gasteiger partial charge in [-0.1, -0.05) is 0 Å². The first-order chi connectivity index (χ1) is 8.83. The van der Waals surface area contributed by atoms with Crippen LogP contribution < -0.4 is 0 Å². The molecule has 0 saturated carbocycles. The molecule has 0 radical (unpaired) electrons. The predicted molar refractivity (Wildman–Crippen MR) is 63.0 cm³/mol. The fourth-order valence-corrected chi connectivity index (χ4v) is 3.67. The zero-order chi connectivity index (χ0) is 13.8. The van der Waals surface area contributed by atoms with Gasteiger partial charge in [0.15, 0.2) is 18.9 Å². The number of ether oxygens (including phenoxy) is 5. The van der Waals surface area contributed by atoms with Crippen LogP contribution in [0.5, 0.6) is 0 Å². The van der Waals surface area contributed by atoms with E-state index >= 15 is 0 Å². The molecule has 110 valence electrons. The van der Waals surface area contributed by atoms with Gasteiger partial charge in [-0.2, -0.15) is 0 Å². The van der Waals surface area contributed by atoms with Crippen molar-refractivity contribution >= 4 is 9.84 Å². The van der Waals surface area contributed by atoms with Gasteiger partial charge in [-0.05, 0) is 13.8 Å². The molecule has 7 unspecified atom stereocenters. The molecule has 0 aromatic rings. The zero-order valence-electron chi connectivity index (χ0n) is 11.0. The summed E-state index contributed by atoms with van der Waals surface area (Å²) in [7, 11) is -3.16. The van der Waals surface area contributed by atoms with Gasteiger partial charge < -0.3 is 23.7 Å². The van der Waals surface area contributed by atoms with Gasteiger partial charge in [0, 0.05) is 6.26 Å². The molecule has 0 amide bonds. The van der Waals surface area contributed by atoms with E-state index in [0.717, 1.165) is 0 Å². The van der Waals surface area contributed by atoms with Gasteiger partial charge in [0.25, 0.3) is 0 Å². The Balaban J connectivity index is 1.79. The Bertz CT molecular complexity index is 450. The van der Waals surface area contributed by atoms with E-state index in [1.807, 2.05) is 0 Å². The van der Waals surface area contributed by atoms with Crippen LogP contribution in [0.3, 0.4) is 0 Å². The normalized spacial score (nSPS) is 49.9. The molecule has 3 aliphatic rings. The van der Waals surface area contributed by atoms with E-state index in [0.29, 0.717) is 0 Å². The van der Waals surface area contributed by atoms with Crippen LogP contribution >= 0.6 is 0 Å². The van der Waals surface area contributed by atoms with Crippen LogP contribution in [0.2, 0.25) is 0 Å². The van der Waals surface area contributed by atoms with E-state index in [1.165, 1.54) is 6.26 Å². The molecule has 7 nitrogen and oxygen atoms in total. The lowest BCUT2D eigenvalue weighted by Crippen LogP contribution is -2.52. The molecule has 0 spiro atoms. The molecule has 0 bridgehead atoms. The molecule has 3 saturated heterocycles. The first-order valence-electron chi connectivity index (χ1n) is 6.28. The summed E-state index contributed by atoms with van der Waals surface area (Å²) in [5.74, 6) is -0.100. The highest BCUT2D eigenvalue weighted by atomic mass is 32.2. The Morgan fingerprint density at radius 3 is 2.16 bits per heavy atom. The second-order valence-electron chi connectivity index (χ2n) is 5.21. The van der Waals surface area contributed by atoms with Crippen LogP contribution in [0.4, 0.5) is 0 Å². The third-order valence-electron chi connectivity index (χ3n) is 3.43. The van der Waals surface area contributed by atoms with Gasteiger partial charge >= 0.3 is 0 Å². The fourth-order valence-electron chi connectivity index (χ4n) is 2.81. The van der Waals surface area contributed by atoms with E-state index in [-0.39, 0.29) is 24.3 Å². The zero-order valence-corrected chi connectivity index (χ0v) is 11.8. The van der Waals surface area contributed by atoms with Crippen molar-refractivity contribution in [3.63, 3.8) is 0 Å². The summed E-state index contributed by atoms with van der Waals surface area (Å²) in [4.78, 5) is 0. The number of hydrogen-bond donors (Lipinski definition) is 0. The highest BCUT2D eigenvalue weighted by Gasteiger charge is 2.57. The topological polar surface area (TPSA) is 80.3 Å². The van der Waals surface area contributed by atoms with Crippen molar-refractivity contribution in [1.82, 2.24) is 0 Å². The third-order valence-corrected chi connectivity index (χ3v) is 4.36. The third kappa shape index (κ3) is 2.65. The molecule has 8 heteroatoms. The molecule has 3 aliphatic heterocycles. The summed E-state index contributed by atoms with van der Waals surface area (Å²) < 4.78 is 50.9. The Labute approximate surface area is 112 Å². The second-order valence-corrected chi connectivity index (χ2v) is 7.39. The molecular weight excluding hydrogens is 276 g/mol. The summed E-state index contributed by atoms with van der Waals surface area (Å²) in [6.07, 6.45) is -1.89. The van der Waals surface area contributed by atoms with Crippen molar-refractivity contribution in [1.29, 1.82) is 0 Å². The van der Waals surface area contributed by atoms with Crippen LogP contribution in [0.1, 0.15) is 13.8 Å². The molecule has 3 fully saturated rings. The van der Waals surface area contributed by atoms with Crippen LogP contribution in [0.15, 0.2) is 0 Å². The summed E-state index contributed by atoms with van der Waals surface area (Å²) >= 11 is 0. The van der Waals surface area contributed by atoms with Crippen molar-refractivity contribution in [2.24, 2.45) is 0 Å². The van der Waals surface area contributed by atoms with Gasteiger partial charge in [-0.3, -0.25) is 0 Å². The van der Waals surface area contributed by atoms with Crippen LogP contribution in [0, 0.1) is 0 Å². The monoisotopic (exact) mass is 294 g/mol.